The van der Waals surface area contributed by atoms with Crippen LogP contribution in [-0.4, -0.2) is 20.9 Å². The van der Waals surface area contributed by atoms with Crippen LogP contribution in [0.1, 0.15) is 11.1 Å². The Hall–Kier alpha value is -3.66. The SMILES string of the molecule is N#Cc1cccnc1-n1cc(NC(=O)OCc2ccccc2)cn1. The molecule has 0 spiro atoms. The number of hydrogen-bond acceptors (Lipinski definition) is 5. The Morgan fingerprint density at radius 2 is 2.08 bits per heavy atom. The minimum Gasteiger partial charge on any atom is -0.444 e. The summed E-state index contributed by atoms with van der Waals surface area (Å²) < 4.78 is 6.56. The number of nitriles is 1. The summed E-state index contributed by atoms with van der Waals surface area (Å²) in [5.41, 5.74) is 1.73. The summed E-state index contributed by atoms with van der Waals surface area (Å²) in [4.78, 5) is 15.9. The lowest BCUT2D eigenvalue weighted by molar-refractivity contribution is 0.155. The monoisotopic (exact) mass is 319 g/mol. The zero-order chi connectivity index (χ0) is 16.8. The van der Waals surface area contributed by atoms with Gasteiger partial charge in [-0.25, -0.2) is 14.5 Å². The fourth-order valence-electron chi connectivity index (χ4n) is 2.05. The highest BCUT2D eigenvalue weighted by Crippen LogP contribution is 2.13. The Kier molecular flexibility index (Phi) is 4.49. The summed E-state index contributed by atoms with van der Waals surface area (Å²) in [7, 11) is 0. The maximum Gasteiger partial charge on any atom is 0.412 e. The van der Waals surface area contributed by atoms with Gasteiger partial charge in [0, 0.05) is 6.20 Å². The van der Waals surface area contributed by atoms with E-state index in [0.29, 0.717) is 17.1 Å². The van der Waals surface area contributed by atoms with Gasteiger partial charge in [-0.2, -0.15) is 10.4 Å². The van der Waals surface area contributed by atoms with Crippen LogP contribution in [0.2, 0.25) is 0 Å². The number of ether oxygens (including phenoxy) is 1. The predicted molar refractivity (Wildman–Crippen MR) is 86.3 cm³/mol. The van der Waals surface area contributed by atoms with E-state index in [4.69, 9.17) is 10.00 Å². The van der Waals surface area contributed by atoms with Crippen molar-refractivity contribution in [3.05, 3.63) is 72.2 Å². The molecule has 0 bridgehead atoms. The maximum atomic E-state index is 11.8. The minimum atomic E-state index is -0.583. The number of carbonyl (C=O) groups excluding carboxylic acids is 1. The fraction of sp³-hybridized carbons (Fsp3) is 0.0588. The molecule has 0 aliphatic rings. The molecule has 1 amide bonds. The van der Waals surface area contributed by atoms with Crippen LogP contribution in [0.25, 0.3) is 5.82 Å². The Bertz CT molecular complexity index is 883. The molecule has 0 unspecified atom stereocenters. The number of hydrogen-bond donors (Lipinski definition) is 1. The van der Waals surface area contributed by atoms with Gasteiger partial charge in [0.25, 0.3) is 0 Å². The molecule has 2 aromatic heterocycles. The molecule has 24 heavy (non-hydrogen) atoms. The Morgan fingerprint density at radius 3 is 2.88 bits per heavy atom. The van der Waals surface area contributed by atoms with E-state index < -0.39 is 6.09 Å². The summed E-state index contributed by atoms with van der Waals surface area (Å²) in [5.74, 6) is 0.394. The third kappa shape index (κ3) is 3.56. The summed E-state index contributed by atoms with van der Waals surface area (Å²) in [5, 5.41) is 15.8. The number of nitrogens with one attached hydrogen (secondary N) is 1. The van der Waals surface area contributed by atoms with E-state index in [1.54, 1.807) is 24.5 Å². The molecular weight excluding hydrogens is 306 g/mol. The first-order valence-electron chi connectivity index (χ1n) is 7.14. The molecule has 2 heterocycles. The average molecular weight is 319 g/mol. The molecule has 0 aliphatic heterocycles. The summed E-state index contributed by atoms with van der Waals surface area (Å²) in [6.07, 6.45) is 4.01. The largest absolute Gasteiger partial charge is 0.444 e. The van der Waals surface area contributed by atoms with Gasteiger partial charge in [-0.3, -0.25) is 5.32 Å². The van der Waals surface area contributed by atoms with Crippen molar-refractivity contribution in [1.29, 1.82) is 5.26 Å². The van der Waals surface area contributed by atoms with E-state index in [1.165, 1.54) is 10.9 Å². The van der Waals surface area contributed by atoms with Crippen LogP contribution in [0.3, 0.4) is 0 Å². The van der Waals surface area contributed by atoms with Crippen LogP contribution in [0, 0.1) is 11.3 Å². The second-order valence-corrected chi connectivity index (χ2v) is 4.85. The highest BCUT2D eigenvalue weighted by Gasteiger charge is 2.09. The Labute approximate surface area is 138 Å². The van der Waals surface area contributed by atoms with Crippen molar-refractivity contribution < 1.29 is 9.53 Å². The van der Waals surface area contributed by atoms with Gasteiger partial charge in [-0.15, -0.1) is 0 Å². The number of carbonyl (C=O) groups is 1. The van der Waals surface area contributed by atoms with E-state index in [1.807, 2.05) is 36.4 Å². The number of anilines is 1. The average Bonchev–Trinajstić information content (AvgIpc) is 3.09. The topological polar surface area (TPSA) is 92.8 Å². The third-order valence-corrected chi connectivity index (χ3v) is 3.17. The number of pyridine rings is 1. The van der Waals surface area contributed by atoms with E-state index in [9.17, 15) is 4.79 Å². The molecule has 1 N–H and O–H groups in total. The van der Waals surface area contributed by atoms with Crippen molar-refractivity contribution in [3.8, 4) is 11.9 Å². The molecule has 7 nitrogen and oxygen atoms in total. The molecule has 7 heteroatoms. The summed E-state index contributed by atoms with van der Waals surface area (Å²) in [6, 6.07) is 14.7. The van der Waals surface area contributed by atoms with Gasteiger partial charge in [-0.05, 0) is 17.7 Å². The molecule has 0 radical (unpaired) electrons. The second kappa shape index (κ2) is 7.07. The first-order valence-corrected chi connectivity index (χ1v) is 7.14. The fourth-order valence-corrected chi connectivity index (χ4v) is 2.05. The second-order valence-electron chi connectivity index (χ2n) is 4.85. The van der Waals surface area contributed by atoms with Crippen LogP contribution in [0.15, 0.2) is 61.1 Å². The molecule has 0 atom stereocenters. The van der Waals surface area contributed by atoms with E-state index in [0.717, 1.165) is 5.56 Å². The number of benzene rings is 1. The van der Waals surface area contributed by atoms with Gasteiger partial charge in [0.05, 0.1) is 23.6 Å². The number of aromatic nitrogens is 3. The highest BCUT2D eigenvalue weighted by atomic mass is 16.5. The normalized spacial score (nSPS) is 9.96. The Balaban J connectivity index is 1.64. The van der Waals surface area contributed by atoms with Gasteiger partial charge in [0.2, 0.25) is 0 Å². The molecule has 0 saturated carbocycles. The molecule has 0 saturated heterocycles. The summed E-state index contributed by atoms with van der Waals surface area (Å²) in [6.45, 7) is 0.180. The predicted octanol–water partition coefficient (Wildman–Crippen LogP) is 2.89. The van der Waals surface area contributed by atoms with Crippen molar-refractivity contribution >= 4 is 11.8 Å². The van der Waals surface area contributed by atoms with Gasteiger partial charge in [-0.1, -0.05) is 30.3 Å². The van der Waals surface area contributed by atoms with Crippen molar-refractivity contribution in [2.45, 2.75) is 6.61 Å². The molecule has 3 rings (SSSR count). The lowest BCUT2D eigenvalue weighted by Crippen LogP contribution is -2.13. The van der Waals surface area contributed by atoms with E-state index in [-0.39, 0.29) is 6.61 Å². The van der Waals surface area contributed by atoms with Crippen molar-refractivity contribution in [3.63, 3.8) is 0 Å². The van der Waals surface area contributed by atoms with Gasteiger partial charge in [0.1, 0.15) is 12.7 Å². The van der Waals surface area contributed by atoms with Gasteiger partial charge < -0.3 is 4.74 Å². The standard InChI is InChI=1S/C17H13N5O2/c18-9-14-7-4-8-19-16(14)22-11-15(10-20-22)21-17(23)24-12-13-5-2-1-3-6-13/h1-8,10-11H,12H2,(H,21,23). The Morgan fingerprint density at radius 1 is 1.25 bits per heavy atom. The maximum absolute atomic E-state index is 11.8. The van der Waals surface area contributed by atoms with E-state index in [2.05, 4.69) is 15.4 Å². The third-order valence-electron chi connectivity index (χ3n) is 3.17. The van der Waals surface area contributed by atoms with Gasteiger partial charge >= 0.3 is 6.09 Å². The van der Waals surface area contributed by atoms with Crippen molar-refractivity contribution in [2.24, 2.45) is 0 Å². The molecule has 3 aromatic rings. The van der Waals surface area contributed by atoms with Crippen LogP contribution < -0.4 is 5.32 Å². The molecule has 1 aromatic carbocycles. The number of amides is 1. The molecule has 0 aliphatic carbocycles. The van der Waals surface area contributed by atoms with Crippen LogP contribution in [0.5, 0.6) is 0 Å². The smallest absolute Gasteiger partial charge is 0.412 e. The first-order chi connectivity index (χ1) is 11.8. The quantitative estimate of drug-likeness (QED) is 0.798. The van der Waals surface area contributed by atoms with Crippen LogP contribution in [0.4, 0.5) is 10.5 Å². The minimum absolute atomic E-state index is 0.180. The van der Waals surface area contributed by atoms with Crippen LogP contribution in [-0.2, 0) is 11.3 Å². The number of nitrogens with zero attached hydrogens (tertiary/aromatic N) is 4. The lowest BCUT2D eigenvalue weighted by Gasteiger charge is -2.05. The summed E-state index contributed by atoms with van der Waals surface area (Å²) >= 11 is 0. The zero-order valence-corrected chi connectivity index (χ0v) is 12.6. The molecule has 0 fully saturated rings. The number of rotatable bonds is 4. The van der Waals surface area contributed by atoms with Gasteiger partial charge in [0.15, 0.2) is 5.82 Å². The van der Waals surface area contributed by atoms with E-state index >= 15 is 0 Å². The highest BCUT2D eigenvalue weighted by molar-refractivity contribution is 5.84. The van der Waals surface area contributed by atoms with Crippen LogP contribution >= 0.6 is 0 Å². The first kappa shape index (κ1) is 15.2. The molecular formula is C17H13N5O2. The zero-order valence-electron chi connectivity index (χ0n) is 12.6. The van der Waals surface area contributed by atoms with Crippen molar-refractivity contribution in [1.82, 2.24) is 14.8 Å². The lowest BCUT2D eigenvalue weighted by atomic mass is 10.2. The molecule has 118 valence electrons. The van der Waals surface area contributed by atoms with Crippen molar-refractivity contribution in [2.75, 3.05) is 5.32 Å².